The lowest BCUT2D eigenvalue weighted by molar-refractivity contribution is -0.124. The van der Waals surface area contributed by atoms with E-state index in [1.807, 2.05) is 13.8 Å². The van der Waals surface area contributed by atoms with Gasteiger partial charge >= 0.3 is 0 Å². The summed E-state index contributed by atoms with van der Waals surface area (Å²) in [5, 5.41) is 3.33. The minimum absolute atomic E-state index is 0.0207. The third-order valence-electron chi connectivity index (χ3n) is 3.22. The lowest BCUT2D eigenvalue weighted by Crippen LogP contribution is -2.55. The van der Waals surface area contributed by atoms with Gasteiger partial charge in [-0.1, -0.05) is 13.8 Å². The summed E-state index contributed by atoms with van der Waals surface area (Å²) in [6.07, 6.45) is 2.18. The zero-order valence-corrected chi connectivity index (χ0v) is 9.92. The molecular formula is C11H20N4O. The Morgan fingerprint density at radius 2 is 1.94 bits per heavy atom. The summed E-state index contributed by atoms with van der Waals surface area (Å²) in [5.74, 6) is 1.65. The maximum Gasteiger partial charge on any atom is 0.263 e. The largest absolute Gasteiger partial charge is 0.317 e. The maximum atomic E-state index is 11.6. The summed E-state index contributed by atoms with van der Waals surface area (Å²) in [4.78, 5) is 16.1. The molecule has 2 heterocycles. The highest BCUT2D eigenvalue weighted by molar-refractivity contribution is 5.94. The van der Waals surface area contributed by atoms with Crippen molar-refractivity contribution in [1.82, 2.24) is 16.2 Å². The molecule has 1 atom stereocenters. The van der Waals surface area contributed by atoms with Gasteiger partial charge in [-0.25, -0.2) is 0 Å². The average molecular weight is 224 g/mol. The number of piperidine rings is 1. The van der Waals surface area contributed by atoms with Crippen LogP contribution in [0.1, 0.15) is 26.7 Å². The maximum absolute atomic E-state index is 11.6. The molecule has 16 heavy (non-hydrogen) atoms. The smallest absolute Gasteiger partial charge is 0.263 e. The third kappa shape index (κ3) is 2.35. The van der Waals surface area contributed by atoms with Crippen molar-refractivity contribution in [3.63, 3.8) is 0 Å². The van der Waals surface area contributed by atoms with Crippen LogP contribution in [0.2, 0.25) is 0 Å². The zero-order valence-electron chi connectivity index (χ0n) is 9.92. The molecule has 2 aliphatic rings. The molecule has 0 aromatic carbocycles. The second-order valence-electron chi connectivity index (χ2n) is 4.84. The van der Waals surface area contributed by atoms with Crippen molar-refractivity contribution < 1.29 is 4.79 Å². The molecule has 90 valence electrons. The van der Waals surface area contributed by atoms with Crippen molar-refractivity contribution in [2.24, 2.45) is 16.8 Å². The fourth-order valence-corrected chi connectivity index (χ4v) is 2.19. The second-order valence-corrected chi connectivity index (χ2v) is 4.84. The van der Waals surface area contributed by atoms with Crippen LogP contribution in [0.15, 0.2) is 4.99 Å². The quantitative estimate of drug-likeness (QED) is 0.620. The lowest BCUT2D eigenvalue weighted by atomic mass is 9.95. The van der Waals surface area contributed by atoms with E-state index in [0.29, 0.717) is 5.92 Å². The minimum Gasteiger partial charge on any atom is -0.317 e. The van der Waals surface area contributed by atoms with Crippen molar-refractivity contribution in [3.8, 4) is 0 Å². The van der Waals surface area contributed by atoms with Crippen LogP contribution in [0.4, 0.5) is 0 Å². The van der Waals surface area contributed by atoms with Crippen LogP contribution in [0.3, 0.4) is 0 Å². The monoisotopic (exact) mass is 224 g/mol. The number of aliphatic imine (C=N–C) groups is 1. The van der Waals surface area contributed by atoms with Gasteiger partial charge in [0, 0.05) is 5.92 Å². The summed E-state index contributed by atoms with van der Waals surface area (Å²) in [6.45, 7) is 6.12. The van der Waals surface area contributed by atoms with Gasteiger partial charge < -0.3 is 5.32 Å². The molecule has 0 aromatic rings. The van der Waals surface area contributed by atoms with Crippen LogP contribution in [-0.4, -0.2) is 30.9 Å². The normalized spacial score (nSPS) is 27.3. The van der Waals surface area contributed by atoms with Crippen LogP contribution in [0.5, 0.6) is 0 Å². The van der Waals surface area contributed by atoms with E-state index in [4.69, 9.17) is 0 Å². The topological polar surface area (TPSA) is 65.5 Å². The Labute approximate surface area is 96.1 Å². The first-order chi connectivity index (χ1) is 7.68. The number of hydrogen-bond acceptors (Lipinski definition) is 4. The van der Waals surface area contributed by atoms with Gasteiger partial charge in [-0.2, -0.15) is 0 Å². The van der Waals surface area contributed by atoms with Crippen molar-refractivity contribution >= 4 is 11.7 Å². The number of amides is 1. The molecule has 2 aliphatic heterocycles. The molecule has 1 fully saturated rings. The highest BCUT2D eigenvalue weighted by Crippen LogP contribution is 2.17. The molecule has 2 rings (SSSR count). The van der Waals surface area contributed by atoms with E-state index in [1.165, 1.54) is 0 Å². The number of rotatable bonds is 2. The summed E-state index contributed by atoms with van der Waals surface area (Å²) in [5.41, 5.74) is 5.67. The predicted molar refractivity (Wildman–Crippen MR) is 62.9 cm³/mol. The molecule has 1 amide bonds. The van der Waals surface area contributed by atoms with Gasteiger partial charge in [-0.3, -0.25) is 20.6 Å². The number of carbonyl (C=O) groups is 1. The molecule has 3 N–H and O–H groups in total. The van der Waals surface area contributed by atoms with Crippen molar-refractivity contribution in [2.45, 2.75) is 32.7 Å². The molecule has 0 unspecified atom stereocenters. The van der Waals surface area contributed by atoms with Crippen LogP contribution in [0.25, 0.3) is 0 Å². The second kappa shape index (κ2) is 4.82. The van der Waals surface area contributed by atoms with Gasteiger partial charge in [0.25, 0.3) is 5.91 Å². The molecule has 0 aromatic heterocycles. The van der Waals surface area contributed by atoms with Gasteiger partial charge in [-0.15, -0.1) is 0 Å². The minimum atomic E-state index is -0.230. The van der Waals surface area contributed by atoms with Gasteiger partial charge in [-0.05, 0) is 31.8 Å². The third-order valence-corrected chi connectivity index (χ3v) is 3.22. The van der Waals surface area contributed by atoms with Crippen LogP contribution in [-0.2, 0) is 4.79 Å². The van der Waals surface area contributed by atoms with Crippen molar-refractivity contribution in [1.29, 1.82) is 0 Å². The highest BCUT2D eigenvalue weighted by Gasteiger charge is 2.29. The Hall–Kier alpha value is -1.10. The fourth-order valence-electron chi connectivity index (χ4n) is 2.19. The number of hydrazine groups is 1. The molecular weight excluding hydrogens is 204 g/mol. The van der Waals surface area contributed by atoms with Crippen LogP contribution in [0, 0.1) is 11.8 Å². The Morgan fingerprint density at radius 3 is 2.56 bits per heavy atom. The Bertz CT molecular complexity index is 294. The molecule has 0 spiro atoms. The first-order valence-electron chi connectivity index (χ1n) is 6.02. The molecule has 0 bridgehead atoms. The number of hydrogen-bond donors (Lipinski definition) is 3. The van der Waals surface area contributed by atoms with E-state index in [-0.39, 0.29) is 17.9 Å². The summed E-state index contributed by atoms with van der Waals surface area (Å²) < 4.78 is 0. The molecule has 0 radical (unpaired) electrons. The van der Waals surface area contributed by atoms with Crippen LogP contribution < -0.4 is 16.2 Å². The number of nitrogens with one attached hydrogen (secondary N) is 3. The van der Waals surface area contributed by atoms with E-state index in [2.05, 4.69) is 21.2 Å². The number of amidine groups is 1. The molecule has 1 saturated heterocycles. The number of carbonyl (C=O) groups excluding carboxylic acids is 1. The van der Waals surface area contributed by atoms with Crippen LogP contribution >= 0.6 is 0 Å². The Kier molecular flexibility index (Phi) is 3.43. The van der Waals surface area contributed by atoms with E-state index >= 15 is 0 Å². The molecule has 5 heteroatoms. The average Bonchev–Trinajstić information content (AvgIpc) is 2.30. The van der Waals surface area contributed by atoms with E-state index < -0.39 is 0 Å². The lowest BCUT2D eigenvalue weighted by Gasteiger charge is -2.30. The summed E-state index contributed by atoms with van der Waals surface area (Å²) in [6, 6.07) is -0.230. The van der Waals surface area contributed by atoms with Gasteiger partial charge in [0.15, 0.2) is 0 Å². The predicted octanol–water partition coefficient (Wildman–Crippen LogP) is 0.0435. The van der Waals surface area contributed by atoms with Gasteiger partial charge in [0.05, 0.1) is 0 Å². The summed E-state index contributed by atoms with van der Waals surface area (Å²) >= 11 is 0. The molecule has 0 saturated carbocycles. The molecule has 0 aliphatic carbocycles. The fraction of sp³-hybridized carbons (Fsp3) is 0.818. The first-order valence-corrected chi connectivity index (χ1v) is 6.02. The number of nitrogens with zero attached hydrogens (tertiary/aromatic N) is 1. The first kappa shape index (κ1) is 11.4. The Morgan fingerprint density at radius 1 is 1.25 bits per heavy atom. The molecule has 5 nitrogen and oxygen atoms in total. The SMILES string of the molecule is CC(C)[C@@H]1N=C(C2CCNCC2)NNC1=O. The van der Waals surface area contributed by atoms with Crippen molar-refractivity contribution in [2.75, 3.05) is 13.1 Å². The van der Waals surface area contributed by atoms with Gasteiger partial charge in [0.1, 0.15) is 11.9 Å². The van der Waals surface area contributed by atoms with Gasteiger partial charge in [0.2, 0.25) is 0 Å². The Balaban J connectivity index is 2.08. The summed E-state index contributed by atoms with van der Waals surface area (Å²) in [7, 11) is 0. The van der Waals surface area contributed by atoms with E-state index in [1.54, 1.807) is 0 Å². The van der Waals surface area contributed by atoms with Crippen molar-refractivity contribution in [3.05, 3.63) is 0 Å². The van der Waals surface area contributed by atoms with E-state index in [0.717, 1.165) is 31.8 Å². The van der Waals surface area contributed by atoms with E-state index in [9.17, 15) is 4.79 Å². The zero-order chi connectivity index (χ0) is 11.5. The highest BCUT2D eigenvalue weighted by atomic mass is 16.2. The standard InChI is InChI=1S/C11H20N4O/c1-7(2)9-11(16)15-14-10(13-9)8-3-5-12-6-4-8/h7-9,12H,3-6H2,1-2H3,(H,13,14)(H,15,16)/t9-/m0/s1.